The van der Waals surface area contributed by atoms with Gasteiger partial charge in [-0.1, -0.05) is 30.3 Å². The van der Waals surface area contributed by atoms with Crippen LogP contribution in [-0.2, 0) is 17.8 Å². The van der Waals surface area contributed by atoms with Crippen molar-refractivity contribution in [3.05, 3.63) is 59.7 Å². The Balaban J connectivity index is 1.93. The quantitative estimate of drug-likeness (QED) is 0.787. The third-order valence-electron chi connectivity index (χ3n) is 3.73. The first-order chi connectivity index (χ1) is 11.1. The lowest BCUT2D eigenvalue weighted by Gasteiger charge is -2.17. The topological polar surface area (TPSA) is 38.8 Å². The van der Waals surface area contributed by atoms with Crippen molar-refractivity contribution in [2.24, 2.45) is 0 Å². The summed E-state index contributed by atoms with van der Waals surface area (Å²) < 4.78 is 10.5. The molecule has 2 rings (SSSR count). The Labute approximate surface area is 137 Å². The SMILES string of the molecule is COc1cc(CCC(=O)N(C)Cc2ccccc2)cc(OC)c1. The van der Waals surface area contributed by atoms with Gasteiger partial charge in [0.1, 0.15) is 11.5 Å². The predicted molar refractivity (Wildman–Crippen MR) is 90.8 cm³/mol. The van der Waals surface area contributed by atoms with Crippen molar-refractivity contribution in [1.82, 2.24) is 4.90 Å². The van der Waals surface area contributed by atoms with Gasteiger partial charge >= 0.3 is 0 Å². The summed E-state index contributed by atoms with van der Waals surface area (Å²) in [6.45, 7) is 0.626. The van der Waals surface area contributed by atoms with E-state index in [1.54, 1.807) is 19.1 Å². The second-order valence-corrected chi connectivity index (χ2v) is 5.46. The van der Waals surface area contributed by atoms with E-state index < -0.39 is 0 Å². The van der Waals surface area contributed by atoms with Crippen LogP contribution in [0.3, 0.4) is 0 Å². The molecule has 0 aliphatic heterocycles. The van der Waals surface area contributed by atoms with E-state index in [9.17, 15) is 4.79 Å². The van der Waals surface area contributed by atoms with E-state index >= 15 is 0 Å². The van der Waals surface area contributed by atoms with Gasteiger partial charge in [-0.3, -0.25) is 4.79 Å². The van der Waals surface area contributed by atoms with Crippen molar-refractivity contribution in [2.75, 3.05) is 21.3 Å². The number of hydrogen-bond donors (Lipinski definition) is 0. The van der Waals surface area contributed by atoms with Crippen molar-refractivity contribution in [2.45, 2.75) is 19.4 Å². The van der Waals surface area contributed by atoms with E-state index in [0.717, 1.165) is 22.6 Å². The van der Waals surface area contributed by atoms with E-state index in [1.807, 2.05) is 55.6 Å². The van der Waals surface area contributed by atoms with Crippen LogP contribution in [0.25, 0.3) is 0 Å². The fraction of sp³-hybridized carbons (Fsp3) is 0.316. The Morgan fingerprint density at radius 1 is 0.957 bits per heavy atom. The molecular formula is C19H23NO3. The highest BCUT2D eigenvalue weighted by Gasteiger charge is 2.10. The van der Waals surface area contributed by atoms with Crippen LogP contribution in [0.15, 0.2) is 48.5 Å². The zero-order valence-corrected chi connectivity index (χ0v) is 13.9. The predicted octanol–water partition coefficient (Wildman–Crippen LogP) is 3.30. The summed E-state index contributed by atoms with van der Waals surface area (Å²) in [7, 11) is 5.08. The summed E-state index contributed by atoms with van der Waals surface area (Å²) in [5.74, 6) is 1.60. The molecule has 0 aliphatic carbocycles. The van der Waals surface area contributed by atoms with E-state index in [1.165, 1.54) is 0 Å². The molecule has 4 nitrogen and oxygen atoms in total. The molecule has 0 N–H and O–H groups in total. The molecule has 2 aromatic rings. The number of rotatable bonds is 7. The summed E-state index contributed by atoms with van der Waals surface area (Å²) in [6, 6.07) is 15.7. The zero-order chi connectivity index (χ0) is 16.7. The average Bonchev–Trinajstić information content (AvgIpc) is 2.60. The molecule has 0 aromatic heterocycles. The van der Waals surface area contributed by atoms with Crippen LogP contribution in [-0.4, -0.2) is 32.1 Å². The van der Waals surface area contributed by atoms with Crippen molar-refractivity contribution < 1.29 is 14.3 Å². The first kappa shape index (κ1) is 16.9. The number of nitrogens with zero attached hydrogens (tertiary/aromatic N) is 1. The molecule has 2 aromatic carbocycles. The first-order valence-electron chi connectivity index (χ1n) is 7.62. The van der Waals surface area contributed by atoms with Gasteiger partial charge in [-0.2, -0.15) is 0 Å². The maximum atomic E-state index is 12.3. The van der Waals surface area contributed by atoms with Gasteiger partial charge in [-0.05, 0) is 29.7 Å². The Morgan fingerprint density at radius 2 is 1.57 bits per heavy atom. The van der Waals surface area contributed by atoms with Crippen LogP contribution in [0.1, 0.15) is 17.5 Å². The number of carbonyl (C=O) groups excluding carboxylic acids is 1. The van der Waals surface area contributed by atoms with Crippen LogP contribution in [0.2, 0.25) is 0 Å². The van der Waals surface area contributed by atoms with Gasteiger partial charge in [0.2, 0.25) is 5.91 Å². The van der Waals surface area contributed by atoms with E-state index in [4.69, 9.17) is 9.47 Å². The molecule has 0 saturated heterocycles. The minimum Gasteiger partial charge on any atom is -0.497 e. The van der Waals surface area contributed by atoms with Gasteiger partial charge in [0, 0.05) is 26.1 Å². The number of benzene rings is 2. The smallest absolute Gasteiger partial charge is 0.222 e. The van der Waals surface area contributed by atoms with Crippen LogP contribution in [0, 0.1) is 0 Å². The molecular weight excluding hydrogens is 290 g/mol. The summed E-state index contributed by atoms with van der Waals surface area (Å²) in [5, 5.41) is 0. The molecule has 0 unspecified atom stereocenters. The third-order valence-corrected chi connectivity index (χ3v) is 3.73. The molecule has 122 valence electrons. The molecule has 0 aliphatic rings. The summed E-state index contributed by atoms with van der Waals surface area (Å²) in [6.07, 6.45) is 1.12. The fourth-order valence-electron chi connectivity index (χ4n) is 2.40. The Kier molecular flexibility index (Phi) is 6.03. The van der Waals surface area contributed by atoms with Gasteiger partial charge in [0.25, 0.3) is 0 Å². The summed E-state index contributed by atoms with van der Waals surface area (Å²) >= 11 is 0. The van der Waals surface area contributed by atoms with Crippen LogP contribution in [0.5, 0.6) is 11.5 Å². The third kappa shape index (κ3) is 5.02. The maximum Gasteiger partial charge on any atom is 0.222 e. The first-order valence-corrected chi connectivity index (χ1v) is 7.62. The number of methoxy groups -OCH3 is 2. The molecule has 0 saturated carbocycles. The molecule has 0 atom stereocenters. The number of hydrogen-bond acceptors (Lipinski definition) is 3. The van der Waals surface area contributed by atoms with E-state index in [0.29, 0.717) is 19.4 Å². The highest BCUT2D eigenvalue weighted by molar-refractivity contribution is 5.76. The lowest BCUT2D eigenvalue weighted by molar-refractivity contribution is -0.130. The highest BCUT2D eigenvalue weighted by Crippen LogP contribution is 2.23. The molecule has 0 heterocycles. The Morgan fingerprint density at radius 3 is 2.13 bits per heavy atom. The fourth-order valence-corrected chi connectivity index (χ4v) is 2.40. The minimum absolute atomic E-state index is 0.121. The van der Waals surface area contributed by atoms with Gasteiger partial charge < -0.3 is 14.4 Å². The molecule has 4 heteroatoms. The van der Waals surface area contributed by atoms with Gasteiger partial charge in [0.05, 0.1) is 14.2 Å². The molecule has 0 spiro atoms. The van der Waals surface area contributed by atoms with Crippen LogP contribution in [0.4, 0.5) is 0 Å². The van der Waals surface area contributed by atoms with E-state index in [2.05, 4.69) is 0 Å². The summed E-state index contributed by atoms with van der Waals surface area (Å²) in [5.41, 5.74) is 2.16. The maximum absolute atomic E-state index is 12.3. The molecule has 23 heavy (non-hydrogen) atoms. The van der Waals surface area contributed by atoms with Gasteiger partial charge in [-0.25, -0.2) is 0 Å². The number of carbonyl (C=O) groups is 1. The lowest BCUT2D eigenvalue weighted by Crippen LogP contribution is -2.26. The second kappa shape index (κ2) is 8.22. The molecule has 0 bridgehead atoms. The normalized spacial score (nSPS) is 10.2. The van der Waals surface area contributed by atoms with Crippen LogP contribution < -0.4 is 9.47 Å². The Bertz CT molecular complexity index is 618. The molecule has 0 fully saturated rings. The van der Waals surface area contributed by atoms with E-state index in [-0.39, 0.29) is 5.91 Å². The average molecular weight is 313 g/mol. The minimum atomic E-state index is 0.121. The van der Waals surface area contributed by atoms with Gasteiger partial charge in [-0.15, -0.1) is 0 Å². The largest absolute Gasteiger partial charge is 0.497 e. The standard InChI is InChI=1S/C19H23NO3/c1-20(14-15-7-5-4-6-8-15)19(21)10-9-16-11-17(22-2)13-18(12-16)23-3/h4-8,11-13H,9-10,14H2,1-3H3. The van der Waals surface area contributed by atoms with Crippen LogP contribution >= 0.6 is 0 Å². The number of aryl methyl sites for hydroxylation is 1. The number of amides is 1. The monoisotopic (exact) mass is 313 g/mol. The summed E-state index contributed by atoms with van der Waals surface area (Å²) in [4.78, 5) is 14.0. The van der Waals surface area contributed by atoms with Crippen molar-refractivity contribution >= 4 is 5.91 Å². The highest BCUT2D eigenvalue weighted by atomic mass is 16.5. The number of ether oxygens (including phenoxy) is 2. The Hall–Kier alpha value is -2.49. The molecule has 1 amide bonds. The van der Waals surface area contributed by atoms with Gasteiger partial charge in [0.15, 0.2) is 0 Å². The lowest BCUT2D eigenvalue weighted by atomic mass is 10.1. The zero-order valence-electron chi connectivity index (χ0n) is 13.9. The van der Waals surface area contributed by atoms with Crippen molar-refractivity contribution in [3.63, 3.8) is 0 Å². The second-order valence-electron chi connectivity index (χ2n) is 5.46. The van der Waals surface area contributed by atoms with Crippen molar-refractivity contribution in [3.8, 4) is 11.5 Å². The molecule has 0 radical (unpaired) electrons. The van der Waals surface area contributed by atoms with Crippen molar-refractivity contribution in [1.29, 1.82) is 0 Å².